The Hall–Kier alpha value is -0.840. The van der Waals surface area contributed by atoms with E-state index in [0.29, 0.717) is 23.7 Å². The summed E-state index contributed by atoms with van der Waals surface area (Å²) < 4.78 is 0.726. The van der Waals surface area contributed by atoms with E-state index in [4.69, 9.17) is 5.73 Å². The summed E-state index contributed by atoms with van der Waals surface area (Å²) in [4.78, 5) is 8.50. The molecule has 17 heavy (non-hydrogen) atoms. The molecule has 1 saturated carbocycles. The highest BCUT2D eigenvalue weighted by Crippen LogP contribution is 2.30. The van der Waals surface area contributed by atoms with Gasteiger partial charge < -0.3 is 11.1 Å². The SMILES string of the molecule is CC1CCC(Nc2nc(N)cc(Br)n2)C(C)C1. The molecule has 3 atom stereocenters. The quantitative estimate of drug-likeness (QED) is 0.824. The molecule has 1 aromatic heterocycles. The average Bonchev–Trinajstić information content (AvgIpc) is 2.21. The van der Waals surface area contributed by atoms with E-state index in [1.807, 2.05) is 0 Å². The number of hydrogen-bond acceptors (Lipinski definition) is 4. The normalized spacial score (nSPS) is 29.0. The van der Waals surface area contributed by atoms with Crippen molar-refractivity contribution in [2.24, 2.45) is 11.8 Å². The molecule has 4 nitrogen and oxygen atoms in total. The van der Waals surface area contributed by atoms with Crippen molar-refractivity contribution >= 4 is 27.7 Å². The lowest BCUT2D eigenvalue weighted by Gasteiger charge is -2.33. The molecule has 1 heterocycles. The molecule has 3 N–H and O–H groups in total. The number of nitrogens with one attached hydrogen (secondary N) is 1. The van der Waals surface area contributed by atoms with Crippen molar-refractivity contribution in [3.8, 4) is 0 Å². The van der Waals surface area contributed by atoms with Gasteiger partial charge in [-0.1, -0.05) is 13.8 Å². The van der Waals surface area contributed by atoms with Crippen LogP contribution >= 0.6 is 15.9 Å². The molecule has 1 aromatic rings. The van der Waals surface area contributed by atoms with E-state index in [0.717, 1.165) is 10.5 Å². The lowest BCUT2D eigenvalue weighted by atomic mass is 9.80. The third kappa shape index (κ3) is 3.31. The van der Waals surface area contributed by atoms with Gasteiger partial charge in [0.1, 0.15) is 10.4 Å². The second kappa shape index (κ2) is 5.21. The van der Waals surface area contributed by atoms with Crippen LogP contribution in [0.2, 0.25) is 0 Å². The molecule has 1 fully saturated rings. The minimum Gasteiger partial charge on any atom is -0.383 e. The standard InChI is InChI=1S/C12H19BrN4/c1-7-3-4-9(8(2)5-7)15-12-16-10(13)6-11(14)17-12/h6-9H,3-5H2,1-2H3,(H3,14,15,16,17). The van der Waals surface area contributed by atoms with Gasteiger partial charge in [-0.15, -0.1) is 0 Å². The smallest absolute Gasteiger partial charge is 0.225 e. The topological polar surface area (TPSA) is 63.8 Å². The molecule has 0 aromatic carbocycles. The van der Waals surface area contributed by atoms with Gasteiger partial charge in [0.05, 0.1) is 0 Å². The first-order valence-electron chi connectivity index (χ1n) is 6.11. The first-order valence-corrected chi connectivity index (χ1v) is 6.90. The van der Waals surface area contributed by atoms with E-state index in [-0.39, 0.29) is 0 Å². The van der Waals surface area contributed by atoms with Crippen LogP contribution in [0.1, 0.15) is 33.1 Å². The van der Waals surface area contributed by atoms with Crippen molar-refractivity contribution in [3.63, 3.8) is 0 Å². The zero-order chi connectivity index (χ0) is 12.4. The highest BCUT2D eigenvalue weighted by Gasteiger charge is 2.25. The molecule has 2 rings (SSSR count). The number of nitrogen functional groups attached to an aromatic ring is 1. The zero-order valence-electron chi connectivity index (χ0n) is 10.3. The number of anilines is 2. The summed E-state index contributed by atoms with van der Waals surface area (Å²) in [6, 6.07) is 2.16. The second-order valence-electron chi connectivity index (χ2n) is 5.09. The van der Waals surface area contributed by atoms with Crippen molar-refractivity contribution in [2.75, 3.05) is 11.1 Å². The van der Waals surface area contributed by atoms with Crippen LogP contribution in [-0.4, -0.2) is 16.0 Å². The molecule has 0 aliphatic heterocycles. The maximum atomic E-state index is 5.70. The highest BCUT2D eigenvalue weighted by atomic mass is 79.9. The molecule has 1 aliphatic rings. The summed E-state index contributed by atoms with van der Waals surface area (Å²) in [6.45, 7) is 4.61. The molecule has 0 bridgehead atoms. The molecule has 0 amide bonds. The fourth-order valence-electron chi connectivity index (χ4n) is 2.55. The monoisotopic (exact) mass is 298 g/mol. The Balaban J connectivity index is 2.05. The number of hydrogen-bond donors (Lipinski definition) is 2. The summed E-state index contributed by atoms with van der Waals surface area (Å²) in [5, 5.41) is 3.40. The van der Waals surface area contributed by atoms with Crippen LogP contribution in [0.3, 0.4) is 0 Å². The Morgan fingerprint density at radius 3 is 2.76 bits per heavy atom. The number of nitrogens with zero attached hydrogens (tertiary/aromatic N) is 2. The second-order valence-corrected chi connectivity index (χ2v) is 5.90. The van der Waals surface area contributed by atoms with Crippen molar-refractivity contribution in [2.45, 2.75) is 39.2 Å². The summed E-state index contributed by atoms with van der Waals surface area (Å²) in [7, 11) is 0. The van der Waals surface area contributed by atoms with E-state index in [1.165, 1.54) is 19.3 Å². The molecule has 94 valence electrons. The predicted molar refractivity (Wildman–Crippen MR) is 73.7 cm³/mol. The molecular weight excluding hydrogens is 280 g/mol. The Labute approximate surface area is 111 Å². The fraction of sp³-hybridized carbons (Fsp3) is 0.667. The first-order chi connectivity index (χ1) is 8.04. The van der Waals surface area contributed by atoms with Gasteiger partial charge in [0, 0.05) is 12.1 Å². The number of rotatable bonds is 2. The molecule has 0 radical (unpaired) electrons. The van der Waals surface area contributed by atoms with Gasteiger partial charge in [-0.2, -0.15) is 4.98 Å². The lowest BCUT2D eigenvalue weighted by molar-refractivity contribution is 0.276. The molecule has 1 aliphatic carbocycles. The van der Waals surface area contributed by atoms with Gasteiger partial charge in [-0.25, -0.2) is 4.98 Å². The average molecular weight is 299 g/mol. The molecule has 3 unspecified atom stereocenters. The largest absolute Gasteiger partial charge is 0.383 e. The number of halogens is 1. The maximum absolute atomic E-state index is 5.70. The third-order valence-electron chi connectivity index (χ3n) is 3.46. The van der Waals surface area contributed by atoms with Gasteiger partial charge in [0.25, 0.3) is 0 Å². The predicted octanol–water partition coefficient (Wildman–Crippen LogP) is 3.06. The summed E-state index contributed by atoms with van der Waals surface area (Å²) in [5.41, 5.74) is 5.70. The molecule has 0 spiro atoms. The van der Waals surface area contributed by atoms with Crippen LogP contribution in [0.4, 0.5) is 11.8 Å². The maximum Gasteiger partial charge on any atom is 0.225 e. The van der Waals surface area contributed by atoms with Crippen LogP contribution in [0.5, 0.6) is 0 Å². The van der Waals surface area contributed by atoms with E-state index >= 15 is 0 Å². The van der Waals surface area contributed by atoms with Gasteiger partial charge >= 0.3 is 0 Å². The minimum absolute atomic E-state index is 0.458. The van der Waals surface area contributed by atoms with Crippen LogP contribution in [0.15, 0.2) is 10.7 Å². The Bertz CT molecular complexity index is 376. The minimum atomic E-state index is 0.458. The van der Waals surface area contributed by atoms with Crippen molar-refractivity contribution < 1.29 is 0 Å². The lowest BCUT2D eigenvalue weighted by Crippen LogP contribution is -2.33. The molecule has 5 heteroatoms. The van der Waals surface area contributed by atoms with Crippen LogP contribution < -0.4 is 11.1 Å². The Kier molecular flexibility index (Phi) is 3.86. The first kappa shape index (κ1) is 12.6. The summed E-state index contributed by atoms with van der Waals surface area (Å²) >= 11 is 3.33. The van der Waals surface area contributed by atoms with Gasteiger partial charge in [0.15, 0.2) is 0 Å². The van der Waals surface area contributed by atoms with Crippen LogP contribution in [-0.2, 0) is 0 Å². The van der Waals surface area contributed by atoms with Gasteiger partial charge in [-0.3, -0.25) is 0 Å². The van der Waals surface area contributed by atoms with Crippen molar-refractivity contribution in [3.05, 3.63) is 10.7 Å². The Morgan fingerprint density at radius 2 is 2.12 bits per heavy atom. The van der Waals surface area contributed by atoms with Crippen LogP contribution in [0.25, 0.3) is 0 Å². The van der Waals surface area contributed by atoms with E-state index in [1.54, 1.807) is 6.07 Å². The summed E-state index contributed by atoms with van der Waals surface area (Å²) in [5.74, 6) is 2.61. The van der Waals surface area contributed by atoms with Gasteiger partial charge in [-0.05, 0) is 47.0 Å². The third-order valence-corrected chi connectivity index (χ3v) is 3.87. The zero-order valence-corrected chi connectivity index (χ0v) is 11.9. The van der Waals surface area contributed by atoms with Crippen LogP contribution in [0, 0.1) is 11.8 Å². The highest BCUT2D eigenvalue weighted by molar-refractivity contribution is 9.10. The number of nitrogens with two attached hydrogens (primary N) is 1. The van der Waals surface area contributed by atoms with E-state index in [2.05, 4.69) is 45.1 Å². The van der Waals surface area contributed by atoms with Crippen molar-refractivity contribution in [1.82, 2.24) is 9.97 Å². The van der Waals surface area contributed by atoms with E-state index < -0.39 is 0 Å². The molecule has 0 saturated heterocycles. The fourth-order valence-corrected chi connectivity index (χ4v) is 2.95. The Morgan fingerprint density at radius 1 is 1.35 bits per heavy atom. The summed E-state index contributed by atoms with van der Waals surface area (Å²) in [6.07, 6.45) is 3.71. The van der Waals surface area contributed by atoms with Gasteiger partial charge in [0.2, 0.25) is 5.95 Å². The van der Waals surface area contributed by atoms with E-state index in [9.17, 15) is 0 Å². The van der Waals surface area contributed by atoms with Crippen molar-refractivity contribution in [1.29, 1.82) is 0 Å². The molecular formula is C12H19BrN4. The number of aromatic nitrogens is 2.